The highest BCUT2D eigenvalue weighted by molar-refractivity contribution is 7.27. The first-order chi connectivity index (χ1) is 17.8. The Morgan fingerprint density at radius 1 is 1.11 bits per heavy atom. The zero-order valence-corrected chi connectivity index (χ0v) is 23.0. The van der Waals surface area contributed by atoms with E-state index in [-0.39, 0.29) is 11.5 Å². The van der Waals surface area contributed by atoms with E-state index >= 15 is 0 Å². The molecule has 37 heavy (non-hydrogen) atoms. The van der Waals surface area contributed by atoms with Crippen LogP contribution in [0.25, 0.3) is 0 Å². The molecule has 1 N–H and O–H groups in total. The molecule has 2 unspecified atom stereocenters. The number of hydrogen-bond donors (Lipinski definition) is 1. The summed E-state index contributed by atoms with van der Waals surface area (Å²) in [5, 5.41) is 3.96. The molecule has 1 aromatic heterocycles. The lowest BCUT2D eigenvalue weighted by Crippen LogP contribution is -2.48. The topological polar surface area (TPSA) is 54.5 Å². The van der Waals surface area contributed by atoms with Crippen molar-refractivity contribution in [2.24, 2.45) is 0 Å². The number of aryl methyl sites for hydroxylation is 2. The number of nitrogens with zero attached hydrogens (tertiary/aromatic N) is 2. The SMILES string of the molecule is CC(=O)NC(CF)(c1ccc(CN2CCC3(CC2)OCc2c(C)cncc23)cc1)c1ccc(P)c(C)c1. The smallest absolute Gasteiger partial charge is 0.217 e. The Kier molecular flexibility index (Phi) is 7.19. The summed E-state index contributed by atoms with van der Waals surface area (Å²) in [6.45, 7) is 8.17. The molecule has 0 radical (unpaired) electrons. The maximum atomic E-state index is 14.8. The van der Waals surface area contributed by atoms with Crippen molar-refractivity contribution in [3.63, 3.8) is 0 Å². The third-order valence-electron chi connectivity index (χ3n) is 8.13. The van der Waals surface area contributed by atoms with Crippen molar-refractivity contribution in [2.45, 2.75) is 57.9 Å². The first-order valence-corrected chi connectivity index (χ1v) is 13.4. The average molecular weight is 520 g/mol. The van der Waals surface area contributed by atoms with Crippen molar-refractivity contribution in [3.05, 3.63) is 93.8 Å². The summed E-state index contributed by atoms with van der Waals surface area (Å²) in [5.41, 5.74) is 6.02. The number of fused-ring (bicyclic) bond motifs is 2. The predicted molar refractivity (Wildman–Crippen MR) is 147 cm³/mol. The Morgan fingerprint density at radius 3 is 2.46 bits per heavy atom. The highest BCUT2D eigenvalue weighted by Crippen LogP contribution is 2.44. The number of likely N-dealkylation sites (tertiary alicyclic amines) is 1. The van der Waals surface area contributed by atoms with E-state index in [2.05, 4.69) is 43.5 Å². The van der Waals surface area contributed by atoms with Gasteiger partial charge < -0.3 is 10.1 Å². The van der Waals surface area contributed by atoms with E-state index in [1.807, 2.05) is 49.6 Å². The molecule has 0 saturated carbocycles. The average Bonchev–Trinajstić information content (AvgIpc) is 3.25. The summed E-state index contributed by atoms with van der Waals surface area (Å²) in [5.74, 6) is -0.266. The molecule has 3 heterocycles. The standard InChI is InChI=1S/C30H35FN3O2P/c1-20-14-25(8-9-28(20)37)30(19-31,33-22(3)35)24-6-4-23(5-7-24)17-34-12-10-29(11-13-34)27-16-32-15-21(2)26(27)18-36-29/h4-9,14-16H,10-13,17-19,37H2,1-3H3,(H,33,35). The van der Waals surface area contributed by atoms with Gasteiger partial charge in [-0.2, -0.15) is 0 Å². The van der Waals surface area contributed by atoms with Crippen molar-refractivity contribution < 1.29 is 13.9 Å². The molecule has 1 spiro atoms. The van der Waals surface area contributed by atoms with Crippen LogP contribution in [0.15, 0.2) is 54.9 Å². The van der Waals surface area contributed by atoms with E-state index in [9.17, 15) is 9.18 Å². The van der Waals surface area contributed by atoms with E-state index in [1.165, 1.54) is 23.6 Å². The summed E-state index contributed by atoms with van der Waals surface area (Å²) in [6, 6.07) is 13.8. The van der Waals surface area contributed by atoms with Gasteiger partial charge in [-0.15, -0.1) is 9.24 Å². The molecule has 1 fully saturated rings. The van der Waals surface area contributed by atoms with Crippen LogP contribution in [-0.2, 0) is 33.8 Å². The van der Waals surface area contributed by atoms with E-state index in [1.54, 1.807) is 0 Å². The van der Waals surface area contributed by atoms with Crippen LogP contribution in [0.4, 0.5) is 4.39 Å². The van der Waals surface area contributed by atoms with Crippen LogP contribution in [0.5, 0.6) is 0 Å². The molecule has 3 aromatic rings. The van der Waals surface area contributed by atoms with Gasteiger partial charge in [0.2, 0.25) is 5.91 Å². The molecule has 1 amide bonds. The normalized spacial score (nSPS) is 18.4. The van der Waals surface area contributed by atoms with Crippen LogP contribution in [0.1, 0.15) is 58.7 Å². The second kappa shape index (κ2) is 10.2. The lowest BCUT2D eigenvalue weighted by atomic mass is 9.82. The first-order valence-electron chi connectivity index (χ1n) is 12.9. The minimum atomic E-state index is -1.22. The summed E-state index contributed by atoms with van der Waals surface area (Å²) in [4.78, 5) is 19.0. The largest absolute Gasteiger partial charge is 0.365 e. The lowest BCUT2D eigenvalue weighted by Gasteiger charge is -2.39. The van der Waals surface area contributed by atoms with Gasteiger partial charge in [0.1, 0.15) is 12.2 Å². The van der Waals surface area contributed by atoms with E-state index in [0.29, 0.717) is 6.61 Å². The Hall–Kier alpha value is -2.66. The number of carbonyl (C=O) groups excluding carboxylic acids is 1. The molecular weight excluding hydrogens is 484 g/mol. The number of halogens is 1. The number of benzene rings is 2. The number of carbonyl (C=O) groups is 1. The van der Waals surface area contributed by atoms with Crippen molar-refractivity contribution in [2.75, 3.05) is 19.8 Å². The molecule has 194 valence electrons. The zero-order chi connectivity index (χ0) is 26.2. The molecule has 2 aliphatic heterocycles. The number of aromatic nitrogens is 1. The fourth-order valence-electron chi connectivity index (χ4n) is 5.84. The maximum absolute atomic E-state index is 14.8. The van der Waals surface area contributed by atoms with Crippen LogP contribution >= 0.6 is 9.24 Å². The highest BCUT2D eigenvalue weighted by atomic mass is 31.0. The Bertz CT molecular complexity index is 1300. The fourth-order valence-corrected chi connectivity index (χ4v) is 6.02. The minimum absolute atomic E-state index is 0.210. The number of ether oxygens (including phenoxy) is 1. The third kappa shape index (κ3) is 4.83. The number of amides is 1. The number of nitrogens with one attached hydrogen (secondary N) is 1. The molecule has 0 bridgehead atoms. The predicted octanol–water partition coefficient (Wildman–Crippen LogP) is 4.57. The van der Waals surface area contributed by atoms with Gasteiger partial charge in [-0.1, -0.05) is 42.5 Å². The fraction of sp³-hybridized carbons (Fsp3) is 0.400. The molecule has 2 atom stereocenters. The number of alkyl halides is 1. The van der Waals surface area contributed by atoms with Gasteiger partial charge >= 0.3 is 0 Å². The van der Waals surface area contributed by atoms with Crippen molar-refractivity contribution in [1.82, 2.24) is 15.2 Å². The van der Waals surface area contributed by atoms with Crippen LogP contribution in [0.3, 0.4) is 0 Å². The molecular formula is C30H35FN3O2P. The summed E-state index contributed by atoms with van der Waals surface area (Å²) in [6.07, 6.45) is 5.80. The van der Waals surface area contributed by atoms with Gasteiger partial charge in [-0.05, 0) is 65.4 Å². The molecule has 2 aliphatic rings. The lowest BCUT2D eigenvalue weighted by molar-refractivity contribution is -0.120. The zero-order valence-electron chi connectivity index (χ0n) is 21.8. The van der Waals surface area contributed by atoms with Crippen molar-refractivity contribution in [1.29, 1.82) is 0 Å². The molecule has 2 aromatic carbocycles. The third-order valence-corrected chi connectivity index (χ3v) is 8.77. The summed E-state index contributed by atoms with van der Waals surface area (Å²) >= 11 is 0. The van der Waals surface area contributed by atoms with E-state index in [4.69, 9.17) is 4.74 Å². The minimum Gasteiger partial charge on any atom is -0.365 e. The van der Waals surface area contributed by atoms with Crippen LogP contribution in [-0.4, -0.2) is 35.6 Å². The monoisotopic (exact) mass is 519 g/mol. The number of pyridine rings is 1. The van der Waals surface area contributed by atoms with Gasteiger partial charge in [0.05, 0.1) is 12.2 Å². The number of piperidine rings is 1. The van der Waals surface area contributed by atoms with E-state index in [0.717, 1.165) is 60.0 Å². The Labute approximate surface area is 221 Å². The Balaban J connectivity index is 1.32. The van der Waals surface area contributed by atoms with E-state index < -0.39 is 12.2 Å². The molecule has 5 rings (SSSR count). The van der Waals surface area contributed by atoms with Gasteiger partial charge in [0, 0.05) is 44.5 Å². The molecule has 0 aliphatic carbocycles. The van der Waals surface area contributed by atoms with Crippen LogP contribution in [0.2, 0.25) is 0 Å². The Morgan fingerprint density at radius 2 is 1.81 bits per heavy atom. The van der Waals surface area contributed by atoms with Gasteiger partial charge in [0.25, 0.3) is 0 Å². The quantitative estimate of drug-likeness (QED) is 0.485. The molecule has 7 heteroatoms. The van der Waals surface area contributed by atoms with Crippen LogP contribution < -0.4 is 10.6 Å². The maximum Gasteiger partial charge on any atom is 0.217 e. The second-order valence-corrected chi connectivity index (χ2v) is 11.2. The van der Waals surface area contributed by atoms with Crippen molar-refractivity contribution >= 4 is 20.5 Å². The summed E-state index contributed by atoms with van der Waals surface area (Å²) < 4.78 is 21.1. The molecule has 1 saturated heterocycles. The highest BCUT2D eigenvalue weighted by Gasteiger charge is 2.43. The molecule has 5 nitrogen and oxygen atoms in total. The first kappa shape index (κ1) is 26.0. The number of rotatable bonds is 6. The van der Waals surface area contributed by atoms with Crippen LogP contribution in [0, 0.1) is 13.8 Å². The second-order valence-electron chi connectivity index (χ2n) is 10.5. The van der Waals surface area contributed by atoms with Gasteiger partial charge in [0.15, 0.2) is 0 Å². The van der Waals surface area contributed by atoms with Crippen molar-refractivity contribution in [3.8, 4) is 0 Å². The van der Waals surface area contributed by atoms with Gasteiger partial charge in [-0.3, -0.25) is 14.7 Å². The summed E-state index contributed by atoms with van der Waals surface area (Å²) in [7, 11) is 2.69. The van der Waals surface area contributed by atoms with Gasteiger partial charge in [-0.25, -0.2) is 4.39 Å². The number of hydrogen-bond acceptors (Lipinski definition) is 4.